The van der Waals surface area contributed by atoms with Crippen molar-refractivity contribution in [2.45, 2.75) is 25.9 Å². The first-order chi connectivity index (χ1) is 11.3. The van der Waals surface area contributed by atoms with Crippen LogP contribution in [0.1, 0.15) is 26.0 Å². The van der Waals surface area contributed by atoms with Crippen LogP contribution in [0.2, 0.25) is 0 Å². The molecule has 24 heavy (non-hydrogen) atoms. The molecule has 0 aliphatic heterocycles. The summed E-state index contributed by atoms with van der Waals surface area (Å²) in [6.45, 7) is 2.97. The highest BCUT2D eigenvalue weighted by atomic mass is 19.3. The van der Waals surface area contributed by atoms with Crippen LogP contribution < -0.4 is 4.74 Å². The minimum atomic E-state index is -2.79. The predicted molar refractivity (Wildman–Crippen MR) is 86.1 cm³/mol. The van der Waals surface area contributed by atoms with E-state index >= 15 is 0 Å². The summed E-state index contributed by atoms with van der Waals surface area (Å²) in [6.07, 6.45) is 0.547. The number of aliphatic hydroxyl groups is 1. The zero-order valence-electron chi connectivity index (χ0n) is 13.3. The molecule has 2 N–H and O–H groups in total. The van der Waals surface area contributed by atoms with Crippen LogP contribution in [0, 0.1) is 0 Å². The molecule has 0 aliphatic carbocycles. The zero-order chi connectivity index (χ0) is 17.3. The van der Waals surface area contributed by atoms with Crippen LogP contribution in [0.15, 0.2) is 36.7 Å². The molecule has 3 aromatic heterocycles. The summed E-state index contributed by atoms with van der Waals surface area (Å²) in [5.41, 5.74) is 0.181. The van der Waals surface area contributed by atoms with Gasteiger partial charge >= 0.3 is 0 Å². The van der Waals surface area contributed by atoms with Crippen LogP contribution in [0.25, 0.3) is 22.3 Å². The third kappa shape index (κ3) is 3.35. The van der Waals surface area contributed by atoms with Gasteiger partial charge in [0.2, 0.25) is 0 Å². The lowest BCUT2D eigenvalue weighted by Crippen LogP contribution is -2.28. The van der Waals surface area contributed by atoms with E-state index in [1.807, 2.05) is 6.07 Å². The topological polar surface area (TPSA) is 71.0 Å². The number of halogens is 2. The summed E-state index contributed by atoms with van der Waals surface area (Å²) in [5.74, 6) is -0.0335. The van der Waals surface area contributed by atoms with E-state index in [0.717, 1.165) is 5.39 Å². The number of pyridine rings is 2. The molecule has 5 nitrogen and oxygen atoms in total. The maximum absolute atomic E-state index is 13.4. The highest BCUT2D eigenvalue weighted by Crippen LogP contribution is 2.33. The minimum absolute atomic E-state index is 0.0335. The van der Waals surface area contributed by atoms with Gasteiger partial charge in [-0.25, -0.2) is 18.7 Å². The Kier molecular flexibility index (Phi) is 4.19. The van der Waals surface area contributed by atoms with Crippen LogP contribution >= 0.6 is 0 Å². The van der Waals surface area contributed by atoms with E-state index in [1.54, 1.807) is 24.5 Å². The number of alkyl halides is 2. The molecule has 3 aromatic rings. The smallest absolute Gasteiger partial charge is 0.284 e. The van der Waals surface area contributed by atoms with Crippen molar-refractivity contribution in [2.24, 2.45) is 0 Å². The Balaban J connectivity index is 2.00. The summed E-state index contributed by atoms with van der Waals surface area (Å²) in [5, 5.41) is 10.5. The van der Waals surface area contributed by atoms with Gasteiger partial charge in [-0.15, -0.1) is 0 Å². The number of rotatable bonds is 5. The van der Waals surface area contributed by atoms with Crippen molar-refractivity contribution in [1.29, 1.82) is 0 Å². The van der Waals surface area contributed by atoms with Crippen LogP contribution in [-0.2, 0) is 0 Å². The van der Waals surface area contributed by atoms with E-state index < -0.39 is 17.7 Å². The Morgan fingerprint density at radius 2 is 2.08 bits per heavy atom. The van der Waals surface area contributed by atoms with Gasteiger partial charge in [-0.05, 0) is 38.1 Å². The van der Waals surface area contributed by atoms with Crippen molar-refractivity contribution in [3.8, 4) is 17.0 Å². The summed E-state index contributed by atoms with van der Waals surface area (Å²) >= 11 is 0. The molecule has 126 valence electrons. The Labute approximate surface area is 137 Å². The van der Waals surface area contributed by atoms with Crippen LogP contribution in [0.3, 0.4) is 0 Å². The van der Waals surface area contributed by atoms with Gasteiger partial charge in [0.05, 0.1) is 11.3 Å². The number of aromatic amines is 1. The highest BCUT2D eigenvalue weighted by Gasteiger charge is 2.21. The van der Waals surface area contributed by atoms with Crippen LogP contribution in [-0.4, -0.2) is 32.3 Å². The molecule has 0 fully saturated rings. The number of ether oxygens (including phenoxy) is 1. The van der Waals surface area contributed by atoms with Gasteiger partial charge in [-0.1, -0.05) is 0 Å². The Morgan fingerprint density at radius 1 is 1.29 bits per heavy atom. The Bertz CT molecular complexity index is 856. The fourth-order valence-corrected chi connectivity index (χ4v) is 2.31. The summed E-state index contributed by atoms with van der Waals surface area (Å²) in [7, 11) is 0. The lowest BCUT2D eigenvalue weighted by atomic mass is 10.1. The zero-order valence-corrected chi connectivity index (χ0v) is 13.3. The average molecular weight is 333 g/mol. The van der Waals surface area contributed by atoms with Gasteiger partial charge in [0.15, 0.2) is 0 Å². The number of hydrogen-bond acceptors (Lipinski definition) is 4. The first-order valence-corrected chi connectivity index (χ1v) is 7.42. The molecule has 0 spiro atoms. The molecule has 0 bridgehead atoms. The molecule has 0 saturated heterocycles. The molecular formula is C17H17F2N3O2. The number of nitrogens with one attached hydrogen (secondary N) is 1. The standard InChI is InChI=1S/C17H17F2N3O2/c1-17(2,23)9-24-13-6-5-12(22-14(13)15(18)19)11-8-21-16-10(11)4-3-7-20-16/h3-8,15,23H,9H2,1-2H3,(H,20,21). The monoisotopic (exact) mass is 333 g/mol. The molecule has 3 heterocycles. The van der Waals surface area contributed by atoms with E-state index in [2.05, 4.69) is 15.0 Å². The second-order valence-electron chi connectivity index (χ2n) is 6.08. The second-order valence-corrected chi connectivity index (χ2v) is 6.08. The normalized spacial score (nSPS) is 12.1. The maximum Gasteiger partial charge on any atom is 0.284 e. The summed E-state index contributed by atoms with van der Waals surface area (Å²) in [6, 6.07) is 6.68. The molecule has 0 unspecified atom stereocenters. The Hall–Kier alpha value is -2.54. The Morgan fingerprint density at radius 3 is 2.79 bits per heavy atom. The van der Waals surface area contributed by atoms with Crippen molar-refractivity contribution in [3.63, 3.8) is 0 Å². The molecule has 0 radical (unpaired) electrons. The van der Waals surface area contributed by atoms with Crippen molar-refractivity contribution in [3.05, 3.63) is 42.4 Å². The summed E-state index contributed by atoms with van der Waals surface area (Å²) in [4.78, 5) is 11.2. The number of fused-ring (bicyclic) bond motifs is 1. The molecule has 7 heteroatoms. The largest absolute Gasteiger partial charge is 0.488 e. The molecule has 0 amide bonds. The van der Waals surface area contributed by atoms with Crippen molar-refractivity contribution in [2.75, 3.05) is 6.61 Å². The van der Waals surface area contributed by atoms with Gasteiger partial charge in [0, 0.05) is 23.3 Å². The fraction of sp³-hybridized carbons (Fsp3) is 0.294. The van der Waals surface area contributed by atoms with Crippen LogP contribution in [0.4, 0.5) is 8.78 Å². The second kappa shape index (κ2) is 6.16. The lowest BCUT2D eigenvalue weighted by molar-refractivity contribution is 0.0261. The number of nitrogens with zero attached hydrogens (tertiary/aromatic N) is 2. The molecule has 0 aliphatic rings. The third-order valence-corrected chi connectivity index (χ3v) is 3.40. The molecule has 0 atom stereocenters. The van der Waals surface area contributed by atoms with Crippen molar-refractivity contribution < 1.29 is 18.6 Å². The van der Waals surface area contributed by atoms with Gasteiger partial charge in [0.25, 0.3) is 6.43 Å². The number of H-pyrrole nitrogens is 1. The van der Waals surface area contributed by atoms with E-state index in [1.165, 1.54) is 19.9 Å². The lowest BCUT2D eigenvalue weighted by Gasteiger charge is -2.19. The maximum atomic E-state index is 13.4. The fourth-order valence-electron chi connectivity index (χ4n) is 2.31. The number of hydrogen-bond donors (Lipinski definition) is 2. The molecule has 3 rings (SSSR count). The van der Waals surface area contributed by atoms with Gasteiger partial charge < -0.3 is 14.8 Å². The minimum Gasteiger partial charge on any atom is -0.488 e. The van der Waals surface area contributed by atoms with Crippen molar-refractivity contribution >= 4 is 11.0 Å². The quantitative estimate of drug-likeness (QED) is 0.747. The van der Waals surface area contributed by atoms with E-state index in [0.29, 0.717) is 16.9 Å². The van der Waals surface area contributed by atoms with E-state index in [-0.39, 0.29) is 12.4 Å². The summed E-state index contributed by atoms with van der Waals surface area (Å²) < 4.78 is 32.0. The van der Waals surface area contributed by atoms with E-state index in [4.69, 9.17) is 4.74 Å². The first kappa shape index (κ1) is 16.3. The number of aromatic nitrogens is 3. The predicted octanol–water partition coefficient (Wildman–Crippen LogP) is 3.71. The van der Waals surface area contributed by atoms with Crippen LogP contribution in [0.5, 0.6) is 5.75 Å². The molecular weight excluding hydrogens is 316 g/mol. The van der Waals surface area contributed by atoms with Gasteiger partial charge in [-0.2, -0.15) is 0 Å². The highest BCUT2D eigenvalue weighted by molar-refractivity contribution is 5.92. The first-order valence-electron chi connectivity index (χ1n) is 7.42. The van der Waals surface area contributed by atoms with E-state index in [9.17, 15) is 13.9 Å². The van der Waals surface area contributed by atoms with Crippen molar-refractivity contribution in [1.82, 2.24) is 15.0 Å². The third-order valence-electron chi connectivity index (χ3n) is 3.40. The van der Waals surface area contributed by atoms with Gasteiger partial charge in [-0.3, -0.25) is 0 Å². The molecule has 0 aromatic carbocycles. The molecule has 0 saturated carbocycles. The average Bonchev–Trinajstić information content (AvgIpc) is 2.96. The van der Waals surface area contributed by atoms with Gasteiger partial charge in [0.1, 0.15) is 23.7 Å². The SMILES string of the molecule is CC(C)(O)COc1ccc(-c2c[nH]c3ncccc23)nc1C(F)F.